The summed E-state index contributed by atoms with van der Waals surface area (Å²) in [4.78, 5) is 16.5. The number of alkyl halides is 3. The number of hydrogen-bond donors (Lipinski definition) is 2. The van der Waals surface area contributed by atoms with E-state index in [4.69, 9.17) is 20.2 Å². The fraction of sp³-hybridized carbons (Fsp3) is 0.632. The highest BCUT2D eigenvalue weighted by atomic mass is 19.4. The Bertz CT molecular complexity index is 885. The largest absolute Gasteiger partial charge is 0.434 e. The molecule has 0 aliphatic carbocycles. The highest BCUT2D eigenvalue weighted by Gasteiger charge is 2.44. The molecule has 1 aromatic rings. The third kappa shape index (κ3) is 3.94. The number of hydrogen-bond acceptors (Lipinski definition) is 9. The topological polar surface area (TPSA) is 101 Å². The first kappa shape index (κ1) is 20.5. The van der Waals surface area contributed by atoms with Gasteiger partial charge in [-0.15, -0.1) is 0 Å². The standard InChI is InChI=1S/C19H24F3N7O2/c20-19(21,22)16-13(8-24-17(23)27-16)14-7-15(28-3-5-30-6-4-28)26-18(25-14)29-11-1-2-12(29)10-31-9-11/h7-8,11-12,18,25H,1-6,9-10H2,(H2,23,24,27). The molecule has 0 aromatic carbocycles. The van der Waals surface area contributed by atoms with Gasteiger partial charge in [-0.3, -0.25) is 4.90 Å². The summed E-state index contributed by atoms with van der Waals surface area (Å²) in [6, 6.07) is 0.352. The molecule has 5 heterocycles. The fourth-order valence-corrected chi connectivity index (χ4v) is 4.63. The van der Waals surface area contributed by atoms with E-state index in [2.05, 4.69) is 20.2 Å². The van der Waals surface area contributed by atoms with Gasteiger partial charge in [0.25, 0.3) is 0 Å². The van der Waals surface area contributed by atoms with Crippen LogP contribution in [-0.4, -0.2) is 83.5 Å². The molecule has 9 nitrogen and oxygen atoms in total. The number of nitrogens with two attached hydrogens (primary N) is 1. The van der Waals surface area contributed by atoms with E-state index in [1.54, 1.807) is 6.08 Å². The third-order valence-corrected chi connectivity index (χ3v) is 6.09. The summed E-state index contributed by atoms with van der Waals surface area (Å²) in [7, 11) is 0. The zero-order valence-corrected chi connectivity index (χ0v) is 16.8. The number of nitrogens with zero attached hydrogens (tertiary/aromatic N) is 5. The number of morpholine rings is 2. The summed E-state index contributed by atoms with van der Waals surface area (Å²) in [5.74, 6) is 0.204. The predicted octanol–water partition coefficient (Wildman–Crippen LogP) is 0.899. The Morgan fingerprint density at radius 3 is 2.48 bits per heavy atom. The SMILES string of the molecule is Nc1ncc(C2=CC(N3CCOCC3)=NC(N3C4CCC3COC4)N2)c(C(F)(F)F)n1. The van der Waals surface area contributed by atoms with Gasteiger partial charge in [-0.05, 0) is 12.8 Å². The Morgan fingerprint density at radius 2 is 1.81 bits per heavy atom. The van der Waals surface area contributed by atoms with Crippen molar-refractivity contribution in [2.24, 2.45) is 4.99 Å². The molecule has 12 heteroatoms. The number of aliphatic imine (C=N–C) groups is 1. The molecule has 5 rings (SSSR count). The number of halogens is 3. The van der Waals surface area contributed by atoms with Crippen molar-refractivity contribution in [3.8, 4) is 0 Å². The zero-order chi connectivity index (χ0) is 21.6. The van der Waals surface area contributed by atoms with Gasteiger partial charge in [0.15, 0.2) is 12.0 Å². The van der Waals surface area contributed by atoms with E-state index in [0.717, 1.165) is 19.0 Å². The van der Waals surface area contributed by atoms with Gasteiger partial charge in [0.05, 0.1) is 32.1 Å². The molecule has 0 amide bonds. The lowest BCUT2D eigenvalue weighted by molar-refractivity contribution is -0.141. The van der Waals surface area contributed by atoms with Gasteiger partial charge >= 0.3 is 6.18 Å². The van der Waals surface area contributed by atoms with Crippen molar-refractivity contribution in [2.45, 2.75) is 37.4 Å². The minimum Gasteiger partial charge on any atom is -0.378 e. The van der Waals surface area contributed by atoms with E-state index in [1.807, 2.05) is 4.90 Å². The van der Waals surface area contributed by atoms with Crippen LogP contribution in [0.25, 0.3) is 5.70 Å². The van der Waals surface area contributed by atoms with E-state index in [0.29, 0.717) is 45.4 Å². The molecule has 0 saturated carbocycles. The van der Waals surface area contributed by atoms with Crippen LogP contribution in [0.15, 0.2) is 17.3 Å². The van der Waals surface area contributed by atoms with E-state index in [-0.39, 0.29) is 23.3 Å². The van der Waals surface area contributed by atoms with Crippen LogP contribution in [0.3, 0.4) is 0 Å². The molecule has 0 radical (unpaired) electrons. The maximum atomic E-state index is 13.7. The molecule has 3 fully saturated rings. The Hall–Kier alpha value is -2.44. The Balaban J connectivity index is 1.54. The number of ether oxygens (including phenoxy) is 2. The minimum absolute atomic E-state index is 0.145. The molecule has 3 atom stereocenters. The third-order valence-electron chi connectivity index (χ3n) is 6.09. The first-order valence-electron chi connectivity index (χ1n) is 10.3. The summed E-state index contributed by atoms with van der Waals surface area (Å²) in [6.45, 7) is 3.51. The van der Waals surface area contributed by atoms with Crippen LogP contribution < -0.4 is 11.1 Å². The number of nitrogen functional groups attached to an aromatic ring is 1. The van der Waals surface area contributed by atoms with Crippen LogP contribution in [0, 0.1) is 0 Å². The summed E-state index contributed by atoms with van der Waals surface area (Å²) < 4.78 is 52.3. The number of anilines is 1. The van der Waals surface area contributed by atoms with Crippen molar-refractivity contribution in [3.05, 3.63) is 23.5 Å². The molecule has 0 spiro atoms. The number of rotatable bonds is 2. The van der Waals surface area contributed by atoms with E-state index in [1.165, 1.54) is 0 Å². The number of fused-ring (bicyclic) bond motifs is 2. The lowest BCUT2D eigenvalue weighted by Gasteiger charge is -2.42. The molecule has 168 valence electrons. The van der Waals surface area contributed by atoms with Gasteiger partial charge in [-0.1, -0.05) is 0 Å². The van der Waals surface area contributed by atoms with Crippen LogP contribution in [0.2, 0.25) is 0 Å². The molecular formula is C19H24F3N7O2. The first-order chi connectivity index (χ1) is 14.9. The second-order valence-electron chi connectivity index (χ2n) is 8.02. The lowest BCUT2D eigenvalue weighted by atomic mass is 10.1. The molecule has 4 aliphatic rings. The Kier molecular flexibility index (Phi) is 5.22. The van der Waals surface area contributed by atoms with E-state index >= 15 is 0 Å². The maximum Gasteiger partial charge on any atom is 0.434 e. The van der Waals surface area contributed by atoms with Crippen molar-refractivity contribution in [3.63, 3.8) is 0 Å². The normalized spacial score (nSPS) is 29.4. The molecular weight excluding hydrogens is 415 g/mol. The summed E-state index contributed by atoms with van der Waals surface area (Å²) in [5.41, 5.74) is 4.52. The van der Waals surface area contributed by atoms with Crippen molar-refractivity contribution in [2.75, 3.05) is 45.3 Å². The smallest absolute Gasteiger partial charge is 0.378 e. The lowest BCUT2D eigenvalue weighted by Crippen LogP contribution is -2.57. The number of nitrogens with one attached hydrogen (secondary N) is 1. The highest BCUT2D eigenvalue weighted by Crippen LogP contribution is 2.36. The summed E-state index contributed by atoms with van der Waals surface area (Å²) in [5, 5.41) is 3.21. The van der Waals surface area contributed by atoms with E-state index in [9.17, 15) is 13.2 Å². The maximum absolute atomic E-state index is 13.7. The van der Waals surface area contributed by atoms with Crippen molar-refractivity contribution < 1.29 is 22.6 Å². The fourth-order valence-electron chi connectivity index (χ4n) is 4.63. The highest BCUT2D eigenvalue weighted by molar-refractivity contribution is 6.00. The van der Waals surface area contributed by atoms with Gasteiger partial charge in [0, 0.05) is 43.0 Å². The van der Waals surface area contributed by atoms with Gasteiger partial charge in [0.2, 0.25) is 5.95 Å². The van der Waals surface area contributed by atoms with Gasteiger partial charge in [-0.2, -0.15) is 13.2 Å². The monoisotopic (exact) mass is 439 g/mol. The van der Waals surface area contributed by atoms with Crippen LogP contribution in [0.1, 0.15) is 24.1 Å². The average molecular weight is 439 g/mol. The summed E-state index contributed by atoms with van der Waals surface area (Å²) in [6.07, 6.45) is -0.466. The number of aromatic nitrogens is 2. The van der Waals surface area contributed by atoms with Crippen LogP contribution >= 0.6 is 0 Å². The second kappa shape index (κ2) is 7.92. The van der Waals surface area contributed by atoms with Gasteiger partial charge < -0.3 is 25.4 Å². The second-order valence-corrected chi connectivity index (χ2v) is 8.02. The van der Waals surface area contributed by atoms with Crippen LogP contribution in [0.4, 0.5) is 19.1 Å². The minimum atomic E-state index is -4.67. The molecule has 31 heavy (non-hydrogen) atoms. The van der Waals surface area contributed by atoms with E-state index < -0.39 is 24.1 Å². The number of amidine groups is 1. The molecule has 3 N–H and O–H groups in total. The Labute approximate surface area is 177 Å². The van der Waals surface area contributed by atoms with Gasteiger partial charge in [0.1, 0.15) is 5.84 Å². The predicted molar refractivity (Wildman–Crippen MR) is 106 cm³/mol. The van der Waals surface area contributed by atoms with Crippen LogP contribution in [0.5, 0.6) is 0 Å². The zero-order valence-electron chi connectivity index (χ0n) is 16.8. The van der Waals surface area contributed by atoms with Crippen LogP contribution in [-0.2, 0) is 15.7 Å². The molecule has 4 aliphatic heterocycles. The molecule has 2 bridgehead atoms. The first-order valence-corrected chi connectivity index (χ1v) is 10.3. The Morgan fingerprint density at radius 1 is 1.10 bits per heavy atom. The van der Waals surface area contributed by atoms with Gasteiger partial charge in [-0.25, -0.2) is 15.0 Å². The average Bonchev–Trinajstić information content (AvgIpc) is 3.02. The van der Waals surface area contributed by atoms with Crippen molar-refractivity contribution in [1.29, 1.82) is 0 Å². The quantitative estimate of drug-likeness (QED) is 0.701. The molecule has 1 aromatic heterocycles. The molecule has 3 saturated heterocycles. The molecule has 3 unspecified atom stereocenters. The van der Waals surface area contributed by atoms with Crippen molar-refractivity contribution >= 4 is 17.5 Å². The van der Waals surface area contributed by atoms with Crippen molar-refractivity contribution in [1.82, 2.24) is 25.1 Å². The summed E-state index contributed by atoms with van der Waals surface area (Å²) >= 11 is 0.